The quantitative estimate of drug-likeness (QED) is 0.888. The Morgan fingerprint density at radius 3 is 2.58 bits per heavy atom. The number of halogens is 1. The third-order valence-electron chi connectivity index (χ3n) is 3.13. The topological polar surface area (TPSA) is 24.9 Å². The molecule has 1 aromatic carbocycles. The maximum absolute atomic E-state index is 13.8. The molecule has 2 nitrogen and oxygen atoms in total. The van der Waals surface area contributed by atoms with E-state index in [-0.39, 0.29) is 11.9 Å². The molecule has 0 aliphatic heterocycles. The Labute approximate surface area is 113 Å². The molecule has 0 saturated carbocycles. The Kier molecular flexibility index (Phi) is 4.63. The molecule has 1 N–H and O–H groups in total. The molecule has 3 heteroatoms. The van der Waals surface area contributed by atoms with Crippen LogP contribution in [0.5, 0.6) is 0 Å². The van der Waals surface area contributed by atoms with Gasteiger partial charge in [-0.1, -0.05) is 36.8 Å². The zero-order valence-corrected chi connectivity index (χ0v) is 11.4. The zero-order chi connectivity index (χ0) is 13.7. The van der Waals surface area contributed by atoms with Crippen molar-refractivity contribution in [1.29, 1.82) is 0 Å². The summed E-state index contributed by atoms with van der Waals surface area (Å²) in [6.45, 7) is 4.86. The van der Waals surface area contributed by atoms with Gasteiger partial charge < -0.3 is 5.32 Å². The van der Waals surface area contributed by atoms with Crippen LogP contribution in [0.15, 0.2) is 42.6 Å². The molecule has 0 fully saturated rings. The van der Waals surface area contributed by atoms with Crippen molar-refractivity contribution in [2.45, 2.75) is 26.3 Å². The molecule has 1 unspecified atom stereocenters. The minimum Gasteiger partial charge on any atom is -0.309 e. The minimum absolute atomic E-state index is 0.0890. The van der Waals surface area contributed by atoms with E-state index in [1.807, 2.05) is 6.92 Å². The number of pyridine rings is 1. The molecule has 2 aromatic rings. The van der Waals surface area contributed by atoms with Crippen LogP contribution >= 0.6 is 0 Å². The van der Waals surface area contributed by atoms with E-state index in [4.69, 9.17) is 0 Å². The molecule has 0 aliphatic carbocycles. The number of likely N-dealkylation sites (N-methyl/N-ethyl adjacent to an activating group) is 1. The van der Waals surface area contributed by atoms with Crippen molar-refractivity contribution >= 4 is 0 Å². The largest absolute Gasteiger partial charge is 0.309 e. The third kappa shape index (κ3) is 3.61. The lowest BCUT2D eigenvalue weighted by molar-refractivity contribution is 0.494. The molecule has 0 spiro atoms. The second-order valence-corrected chi connectivity index (χ2v) is 4.67. The van der Waals surface area contributed by atoms with Gasteiger partial charge in [0, 0.05) is 6.20 Å². The van der Waals surface area contributed by atoms with Crippen LogP contribution < -0.4 is 5.32 Å². The molecule has 0 aliphatic rings. The van der Waals surface area contributed by atoms with Gasteiger partial charge in [0.25, 0.3) is 0 Å². The molecule has 1 atom stereocenters. The lowest BCUT2D eigenvalue weighted by Gasteiger charge is -2.18. The van der Waals surface area contributed by atoms with Crippen LogP contribution in [0.1, 0.15) is 29.8 Å². The van der Waals surface area contributed by atoms with Gasteiger partial charge in [-0.3, -0.25) is 4.98 Å². The van der Waals surface area contributed by atoms with Crippen molar-refractivity contribution in [3.8, 4) is 0 Å². The van der Waals surface area contributed by atoms with Gasteiger partial charge in [0.2, 0.25) is 0 Å². The second-order valence-electron chi connectivity index (χ2n) is 4.67. The molecule has 2 rings (SSSR count). The summed E-state index contributed by atoms with van der Waals surface area (Å²) in [5, 5.41) is 3.30. The van der Waals surface area contributed by atoms with Crippen LogP contribution in [0.4, 0.5) is 4.39 Å². The number of rotatable bonds is 5. The first-order valence-corrected chi connectivity index (χ1v) is 6.60. The fraction of sp³-hybridized carbons (Fsp3) is 0.312. The summed E-state index contributed by atoms with van der Waals surface area (Å²) in [5.74, 6) is -0.249. The maximum atomic E-state index is 13.8. The summed E-state index contributed by atoms with van der Waals surface area (Å²) in [7, 11) is 0. The van der Waals surface area contributed by atoms with Gasteiger partial charge in [-0.05, 0) is 37.6 Å². The van der Waals surface area contributed by atoms with E-state index < -0.39 is 0 Å². The Bertz CT molecular complexity index is 523. The standard InChI is InChI=1S/C16H19FN2/c1-3-18-15(16-14(17)5-4-10-19-16)11-13-8-6-12(2)7-9-13/h4-10,15,18H,3,11H2,1-2H3. The highest BCUT2D eigenvalue weighted by atomic mass is 19.1. The monoisotopic (exact) mass is 258 g/mol. The fourth-order valence-corrected chi connectivity index (χ4v) is 2.13. The van der Waals surface area contributed by atoms with Gasteiger partial charge in [-0.15, -0.1) is 0 Å². The fourth-order valence-electron chi connectivity index (χ4n) is 2.13. The number of aryl methyl sites for hydroxylation is 1. The number of hydrogen-bond acceptors (Lipinski definition) is 2. The first kappa shape index (κ1) is 13.7. The van der Waals surface area contributed by atoms with Gasteiger partial charge in [-0.2, -0.15) is 0 Å². The normalized spacial score (nSPS) is 12.4. The Morgan fingerprint density at radius 1 is 1.21 bits per heavy atom. The van der Waals surface area contributed by atoms with Crippen molar-refractivity contribution in [3.05, 3.63) is 65.2 Å². The summed E-state index contributed by atoms with van der Waals surface area (Å²) < 4.78 is 13.8. The van der Waals surface area contributed by atoms with Crippen LogP contribution in [-0.4, -0.2) is 11.5 Å². The first-order valence-electron chi connectivity index (χ1n) is 6.60. The summed E-state index contributed by atoms with van der Waals surface area (Å²) >= 11 is 0. The lowest BCUT2D eigenvalue weighted by Crippen LogP contribution is -2.25. The van der Waals surface area contributed by atoms with Crippen LogP contribution in [-0.2, 0) is 6.42 Å². The van der Waals surface area contributed by atoms with Crippen molar-refractivity contribution in [2.24, 2.45) is 0 Å². The average Bonchev–Trinajstić information content (AvgIpc) is 2.41. The summed E-state index contributed by atoms with van der Waals surface area (Å²) in [4.78, 5) is 4.17. The molecule has 19 heavy (non-hydrogen) atoms. The molecule has 0 radical (unpaired) electrons. The van der Waals surface area contributed by atoms with Gasteiger partial charge in [0.1, 0.15) is 5.82 Å². The van der Waals surface area contributed by atoms with E-state index >= 15 is 0 Å². The van der Waals surface area contributed by atoms with E-state index in [0.29, 0.717) is 5.69 Å². The predicted molar refractivity (Wildman–Crippen MR) is 75.5 cm³/mol. The van der Waals surface area contributed by atoms with Crippen LogP contribution in [0.25, 0.3) is 0 Å². The first-order chi connectivity index (χ1) is 9.20. The maximum Gasteiger partial charge on any atom is 0.146 e. The van der Waals surface area contributed by atoms with Crippen LogP contribution in [0.2, 0.25) is 0 Å². The Balaban J connectivity index is 2.21. The Morgan fingerprint density at radius 2 is 1.95 bits per heavy atom. The van der Waals surface area contributed by atoms with E-state index in [2.05, 4.69) is 41.5 Å². The highest BCUT2D eigenvalue weighted by molar-refractivity contribution is 5.24. The van der Waals surface area contributed by atoms with E-state index in [1.54, 1.807) is 12.3 Å². The highest BCUT2D eigenvalue weighted by Crippen LogP contribution is 2.19. The van der Waals surface area contributed by atoms with Gasteiger partial charge in [0.15, 0.2) is 0 Å². The molecule has 1 heterocycles. The van der Waals surface area contributed by atoms with E-state index in [0.717, 1.165) is 13.0 Å². The van der Waals surface area contributed by atoms with Gasteiger partial charge >= 0.3 is 0 Å². The Hall–Kier alpha value is -1.74. The molecule has 1 aromatic heterocycles. The van der Waals surface area contributed by atoms with Crippen molar-refractivity contribution in [1.82, 2.24) is 10.3 Å². The smallest absolute Gasteiger partial charge is 0.146 e. The van der Waals surface area contributed by atoms with Gasteiger partial charge in [-0.25, -0.2) is 4.39 Å². The highest BCUT2D eigenvalue weighted by Gasteiger charge is 2.16. The molecule has 100 valence electrons. The molecule has 0 bridgehead atoms. The van der Waals surface area contributed by atoms with Gasteiger partial charge in [0.05, 0.1) is 11.7 Å². The summed E-state index contributed by atoms with van der Waals surface area (Å²) in [6.07, 6.45) is 2.37. The zero-order valence-electron chi connectivity index (χ0n) is 11.4. The number of benzene rings is 1. The summed E-state index contributed by atoms with van der Waals surface area (Å²) in [5.41, 5.74) is 2.90. The molecule has 0 amide bonds. The molecular formula is C16H19FN2. The number of nitrogens with one attached hydrogen (secondary N) is 1. The number of nitrogens with zero attached hydrogens (tertiary/aromatic N) is 1. The second kappa shape index (κ2) is 6.43. The van der Waals surface area contributed by atoms with Crippen LogP contribution in [0.3, 0.4) is 0 Å². The predicted octanol–water partition coefficient (Wildman–Crippen LogP) is 3.42. The van der Waals surface area contributed by atoms with Crippen molar-refractivity contribution < 1.29 is 4.39 Å². The lowest BCUT2D eigenvalue weighted by atomic mass is 10.0. The van der Waals surface area contributed by atoms with Crippen LogP contribution in [0, 0.1) is 12.7 Å². The molecular weight excluding hydrogens is 239 g/mol. The number of hydrogen-bond donors (Lipinski definition) is 1. The molecule has 0 saturated heterocycles. The minimum atomic E-state index is -0.249. The number of aromatic nitrogens is 1. The van der Waals surface area contributed by atoms with Crippen molar-refractivity contribution in [2.75, 3.05) is 6.54 Å². The van der Waals surface area contributed by atoms with E-state index in [9.17, 15) is 4.39 Å². The van der Waals surface area contributed by atoms with E-state index in [1.165, 1.54) is 17.2 Å². The third-order valence-corrected chi connectivity index (χ3v) is 3.13. The SMILES string of the molecule is CCNC(Cc1ccc(C)cc1)c1ncccc1F. The van der Waals surface area contributed by atoms with Crippen molar-refractivity contribution in [3.63, 3.8) is 0 Å². The average molecular weight is 258 g/mol. The summed E-state index contributed by atoms with van der Waals surface area (Å²) in [6, 6.07) is 11.3.